The number of fused-ring (bicyclic) bond motifs is 2. The zero-order chi connectivity index (χ0) is 17.8. The minimum Gasteiger partial charge on any atom is -0.496 e. The number of rotatable bonds is 7. The van der Waals surface area contributed by atoms with Crippen molar-refractivity contribution in [2.75, 3.05) is 21.3 Å². The van der Waals surface area contributed by atoms with Crippen molar-refractivity contribution in [2.24, 2.45) is 0 Å². The molecule has 0 fully saturated rings. The van der Waals surface area contributed by atoms with Crippen molar-refractivity contribution < 1.29 is 14.2 Å². The Morgan fingerprint density at radius 3 is 1.92 bits per heavy atom. The molecule has 0 saturated carbocycles. The van der Waals surface area contributed by atoms with Crippen molar-refractivity contribution in [1.29, 1.82) is 0 Å². The van der Waals surface area contributed by atoms with Gasteiger partial charge in [-0.2, -0.15) is 0 Å². The van der Waals surface area contributed by atoms with Crippen LogP contribution >= 0.6 is 0 Å². The van der Waals surface area contributed by atoms with Gasteiger partial charge in [0.2, 0.25) is 0 Å². The van der Waals surface area contributed by atoms with E-state index in [1.165, 1.54) is 18.4 Å². The van der Waals surface area contributed by atoms with E-state index in [-0.39, 0.29) is 0 Å². The molecule has 0 aliphatic rings. The molecule has 3 heteroatoms. The molecule has 0 saturated heterocycles. The first-order valence-electron chi connectivity index (χ1n) is 8.89. The van der Waals surface area contributed by atoms with Crippen LogP contribution in [0.3, 0.4) is 0 Å². The minimum absolute atomic E-state index is 0.848. The second-order valence-electron chi connectivity index (χ2n) is 6.25. The second-order valence-corrected chi connectivity index (χ2v) is 6.25. The molecule has 25 heavy (non-hydrogen) atoms. The predicted molar refractivity (Wildman–Crippen MR) is 104 cm³/mol. The molecule has 0 amide bonds. The lowest BCUT2D eigenvalue weighted by molar-refractivity contribution is 0.401. The third-order valence-electron chi connectivity index (χ3n) is 4.79. The van der Waals surface area contributed by atoms with Crippen LogP contribution < -0.4 is 14.2 Å². The maximum absolute atomic E-state index is 5.84. The number of methoxy groups -OCH3 is 3. The zero-order valence-corrected chi connectivity index (χ0v) is 15.5. The number of aryl methyl sites for hydroxylation is 1. The van der Waals surface area contributed by atoms with E-state index < -0.39 is 0 Å². The smallest absolute Gasteiger partial charge is 0.138 e. The van der Waals surface area contributed by atoms with Crippen molar-refractivity contribution in [1.82, 2.24) is 0 Å². The lowest BCUT2D eigenvalue weighted by Gasteiger charge is -2.19. The topological polar surface area (TPSA) is 27.7 Å². The van der Waals surface area contributed by atoms with Gasteiger partial charge in [-0.25, -0.2) is 0 Å². The van der Waals surface area contributed by atoms with E-state index >= 15 is 0 Å². The highest BCUT2D eigenvalue weighted by atomic mass is 16.5. The Bertz CT molecular complexity index is 883. The molecular weight excluding hydrogens is 312 g/mol. The molecule has 132 valence electrons. The first-order chi connectivity index (χ1) is 12.3. The average molecular weight is 338 g/mol. The van der Waals surface area contributed by atoms with Crippen LogP contribution in [0.1, 0.15) is 31.7 Å². The van der Waals surface area contributed by atoms with Crippen LogP contribution in [-0.2, 0) is 6.42 Å². The Morgan fingerprint density at radius 1 is 0.680 bits per heavy atom. The number of unbranched alkanes of at least 4 members (excludes halogenated alkanes) is 2. The van der Waals surface area contributed by atoms with E-state index in [0.717, 1.165) is 51.6 Å². The standard InChI is InChI=1S/C22H26O3/c1-5-6-7-10-15-13-14-18-19(20(15)23-2)22(25-4)17-12-9-8-11-16(17)21(18)24-3/h8-9,11-14H,5-7,10H2,1-4H3. The summed E-state index contributed by atoms with van der Waals surface area (Å²) in [6.45, 7) is 2.22. The van der Waals surface area contributed by atoms with Crippen LogP contribution in [0.25, 0.3) is 21.5 Å². The zero-order valence-electron chi connectivity index (χ0n) is 15.5. The minimum atomic E-state index is 0.848. The third kappa shape index (κ3) is 2.99. The molecular formula is C22H26O3. The predicted octanol–water partition coefficient (Wildman–Crippen LogP) is 5.75. The molecule has 0 atom stereocenters. The molecule has 0 unspecified atom stereocenters. The maximum Gasteiger partial charge on any atom is 0.138 e. The lowest BCUT2D eigenvalue weighted by Crippen LogP contribution is -1.98. The molecule has 0 aliphatic carbocycles. The number of hydrogen-bond donors (Lipinski definition) is 0. The fraction of sp³-hybridized carbons (Fsp3) is 0.364. The molecule has 0 heterocycles. The molecule has 0 N–H and O–H groups in total. The van der Waals surface area contributed by atoms with Crippen LogP contribution in [0.2, 0.25) is 0 Å². The van der Waals surface area contributed by atoms with E-state index in [0.29, 0.717) is 0 Å². The Hall–Kier alpha value is -2.42. The highest BCUT2D eigenvalue weighted by Crippen LogP contribution is 2.47. The quantitative estimate of drug-likeness (QED) is 0.405. The third-order valence-corrected chi connectivity index (χ3v) is 4.79. The molecule has 0 aromatic heterocycles. The summed E-state index contributed by atoms with van der Waals surface area (Å²) in [5, 5.41) is 4.11. The van der Waals surface area contributed by atoms with Gasteiger partial charge in [0.1, 0.15) is 17.2 Å². The molecule has 3 nitrogen and oxygen atoms in total. The van der Waals surface area contributed by atoms with Gasteiger partial charge in [0.25, 0.3) is 0 Å². The number of ether oxygens (including phenoxy) is 3. The lowest BCUT2D eigenvalue weighted by atomic mass is 9.96. The Labute approximate surface area is 149 Å². The summed E-state index contributed by atoms with van der Waals surface area (Å²) in [6.07, 6.45) is 4.59. The van der Waals surface area contributed by atoms with E-state index in [2.05, 4.69) is 31.2 Å². The average Bonchev–Trinajstić information content (AvgIpc) is 2.66. The summed E-state index contributed by atoms with van der Waals surface area (Å²) < 4.78 is 17.4. The van der Waals surface area contributed by atoms with Crippen molar-refractivity contribution in [3.05, 3.63) is 42.0 Å². The van der Waals surface area contributed by atoms with Crippen molar-refractivity contribution in [3.63, 3.8) is 0 Å². The van der Waals surface area contributed by atoms with Gasteiger partial charge in [-0.05, 0) is 24.5 Å². The number of benzene rings is 3. The van der Waals surface area contributed by atoms with Crippen LogP contribution in [0, 0.1) is 0 Å². The molecule has 3 rings (SSSR count). The van der Waals surface area contributed by atoms with Crippen molar-refractivity contribution in [3.8, 4) is 17.2 Å². The molecule has 3 aromatic carbocycles. The van der Waals surface area contributed by atoms with Gasteiger partial charge in [0.05, 0.1) is 26.7 Å². The number of hydrogen-bond acceptors (Lipinski definition) is 3. The van der Waals surface area contributed by atoms with Crippen LogP contribution in [-0.4, -0.2) is 21.3 Å². The molecule has 0 radical (unpaired) electrons. The van der Waals surface area contributed by atoms with Gasteiger partial charge < -0.3 is 14.2 Å². The summed E-state index contributed by atoms with van der Waals surface area (Å²) in [5.74, 6) is 2.61. The molecule has 0 bridgehead atoms. The Balaban J connectivity index is 2.35. The highest BCUT2D eigenvalue weighted by Gasteiger charge is 2.20. The van der Waals surface area contributed by atoms with E-state index in [1.807, 2.05) is 12.1 Å². The monoisotopic (exact) mass is 338 g/mol. The summed E-state index contributed by atoms with van der Waals surface area (Å²) in [7, 11) is 5.17. The summed E-state index contributed by atoms with van der Waals surface area (Å²) in [6, 6.07) is 12.5. The summed E-state index contributed by atoms with van der Waals surface area (Å²) in [5.41, 5.74) is 1.22. The first-order valence-corrected chi connectivity index (χ1v) is 8.89. The second kappa shape index (κ2) is 7.64. The molecule has 3 aromatic rings. The van der Waals surface area contributed by atoms with Gasteiger partial charge in [0.15, 0.2) is 0 Å². The van der Waals surface area contributed by atoms with Crippen molar-refractivity contribution >= 4 is 21.5 Å². The summed E-state index contributed by atoms with van der Waals surface area (Å²) >= 11 is 0. The van der Waals surface area contributed by atoms with Crippen LogP contribution in [0.4, 0.5) is 0 Å². The van der Waals surface area contributed by atoms with Gasteiger partial charge in [-0.3, -0.25) is 0 Å². The van der Waals surface area contributed by atoms with E-state index in [9.17, 15) is 0 Å². The van der Waals surface area contributed by atoms with E-state index in [1.54, 1.807) is 21.3 Å². The van der Waals surface area contributed by atoms with E-state index in [4.69, 9.17) is 14.2 Å². The molecule has 0 aliphatic heterocycles. The summed E-state index contributed by atoms with van der Waals surface area (Å²) in [4.78, 5) is 0. The normalized spacial score (nSPS) is 11.0. The largest absolute Gasteiger partial charge is 0.496 e. The van der Waals surface area contributed by atoms with Gasteiger partial charge in [-0.1, -0.05) is 50.1 Å². The fourth-order valence-electron chi connectivity index (χ4n) is 3.63. The SMILES string of the molecule is CCCCCc1ccc2c(OC)c3ccccc3c(OC)c2c1OC. The first kappa shape index (κ1) is 17.4. The van der Waals surface area contributed by atoms with Crippen LogP contribution in [0.15, 0.2) is 36.4 Å². The van der Waals surface area contributed by atoms with Crippen molar-refractivity contribution in [2.45, 2.75) is 32.6 Å². The van der Waals surface area contributed by atoms with Gasteiger partial charge in [0, 0.05) is 16.2 Å². The Morgan fingerprint density at radius 2 is 1.32 bits per heavy atom. The van der Waals surface area contributed by atoms with Gasteiger partial charge >= 0.3 is 0 Å². The van der Waals surface area contributed by atoms with Crippen LogP contribution in [0.5, 0.6) is 17.2 Å². The van der Waals surface area contributed by atoms with Gasteiger partial charge in [-0.15, -0.1) is 0 Å². The Kier molecular flexibility index (Phi) is 5.32. The maximum atomic E-state index is 5.84. The fourth-order valence-corrected chi connectivity index (χ4v) is 3.63. The molecule has 0 spiro atoms. The highest BCUT2D eigenvalue weighted by molar-refractivity contribution is 6.13.